The summed E-state index contributed by atoms with van der Waals surface area (Å²) < 4.78 is 6.05. The summed E-state index contributed by atoms with van der Waals surface area (Å²) >= 11 is 3.68. The predicted molar refractivity (Wildman–Crippen MR) is 94.2 cm³/mol. The van der Waals surface area contributed by atoms with E-state index < -0.39 is 0 Å². The molecule has 0 bridgehead atoms. The summed E-state index contributed by atoms with van der Waals surface area (Å²) in [6, 6.07) is 2.26. The van der Waals surface area contributed by atoms with E-state index in [0.717, 1.165) is 11.3 Å². The molecule has 3 nitrogen and oxygen atoms in total. The summed E-state index contributed by atoms with van der Waals surface area (Å²) in [7, 11) is 0. The van der Waals surface area contributed by atoms with Crippen LogP contribution < -0.4 is 0 Å². The van der Waals surface area contributed by atoms with E-state index in [9.17, 15) is 0 Å². The first-order chi connectivity index (χ1) is 11.4. The Labute approximate surface area is 143 Å². The third-order valence-corrected chi connectivity index (χ3v) is 7.24. The zero-order valence-corrected chi connectivity index (χ0v) is 14.6. The van der Waals surface area contributed by atoms with Gasteiger partial charge in [0.15, 0.2) is 0 Å². The minimum absolute atomic E-state index is 0.690. The highest BCUT2D eigenvalue weighted by Gasteiger charge is 2.22. The number of nitrogens with zero attached hydrogens (tertiary/aromatic N) is 2. The second-order valence-corrected chi connectivity index (χ2v) is 8.54. The van der Waals surface area contributed by atoms with Crippen molar-refractivity contribution in [2.75, 3.05) is 0 Å². The van der Waals surface area contributed by atoms with Crippen LogP contribution in [0.4, 0.5) is 0 Å². The van der Waals surface area contributed by atoms with Gasteiger partial charge in [-0.05, 0) is 68.6 Å². The van der Waals surface area contributed by atoms with E-state index in [1.54, 1.807) is 0 Å². The normalized spacial score (nSPS) is 17.0. The number of aryl methyl sites for hydroxylation is 3. The fourth-order valence-electron chi connectivity index (χ4n) is 3.70. The van der Waals surface area contributed by atoms with Gasteiger partial charge in [0.1, 0.15) is 0 Å². The molecule has 23 heavy (non-hydrogen) atoms. The first-order valence-electron chi connectivity index (χ1n) is 8.43. The van der Waals surface area contributed by atoms with Crippen molar-refractivity contribution in [3.05, 3.63) is 32.3 Å². The van der Waals surface area contributed by atoms with Crippen LogP contribution in [0.2, 0.25) is 0 Å². The molecule has 5 rings (SSSR count). The number of thiophene rings is 2. The molecule has 2 aliphatic carbocycles. The number of fused-ring (bicyclic) bond motifs is 2. The molecule has 2 aliphatic rings. The molecule has 3 aromatic heterocycles. The molecule has 3 heterocycles. The van der Waals surface area contributed by atoms with Crippen LogP contribution in [-0.2, 0) is 25.7 Å². The molecule has 0 N–H and O–H groups in total. The number of hydrogen-bond donors (Lipinski definition) is 0. The van der Waals surface area contributed by atoms with Gasteiger partial charge in [-0.25, -0.2) is 0 Å². The van der Waals surface area contributed by atoms with Gasteiger partial charge in [-0.3, -0.25) is 0 Å². The Hall–Kier alpha value is -1.46. The highest BCUT2D eigenvalue weighted by atomic mass is 32.1. The maximum Gasteiger partial charge on any atom is 0.258 e. The van der Waals surface area contributed by atoms with Crippen LogP contribution in [0.15, 0.2) is 15.9 Å². The smallest absolute Gasteiger partial charge is 0.258 e. The second-order valence-electron chi connectivity index (χ2n) is 6.44. The SMILES string of the molecule is c1c(-c2nnc(-c3csc4c3CCCC4)o2)sc2c1CCCC2. The van der Waals surface area contributed by atoms with Gasteiger partial charge in [-0.2, -0.15) is 0 Å². The topological polar surface area (TPSA) is 38.9 Å². The molecule has 3 aromatic rings. The highest BCUT2D eigenvalue weighted by molar-refractivity contribution is 7.15. The summed E-state index contributed by atoms with van der Waals surface area (Å²) in [5.74, 6) is 1.39. The fourth-order valence-corrected chi connectivity index (χ4v) is 6.00. The lowest BCUT2D eigenvalue weighted by atomic mass is 9.96. The van der Waals surface area contributed by atoms with Gasteiger partial charge in [0.25, 0.3) is 5.89 Å². The molecule has 0 unspecified atom stereocenters. The zero-order chi connectivity index (χ0) is 15.2. The quantitative estimate of drug-likeness (QED) is 0.635. The van der Waals surface area contributed by atoms with Crippen molar-refractivity contribution in [2.45, 2.75) is 51.4 Å². The lowest BCUT2D eigenvalue weighted by molar-refractivity contribution is 0.584. The molecule has 0 atom stereocenters. The van der Waals surface area contributed by atoms with E-state index in [4.69, 9.17) is 4.42 Å². The molecule has 0 fully saturated rings. The summed E-state index contributed by atoms with van der Waals surface area (Å²) in [5, 5.41) is 10.9. The van der Waals surface area contributed by atoms with E-state index in [2.05, 4.69) is 21.6 Å². The largest absolute Gasteiger partial charge is 0.415 e. The monoisotopic (exact) mass is 342 g/mol. The van der Waals surface area contributed by atoms with E-state index >= 15 is 0 Å². The van der Waals surface area contributed by atoms with Crippen molar-refractivity contribution in [1.82, 2.24) is 10.2 Å². The van der Waals surface area contributed by atoms with Gasteiger partial charge >= 0.3 is 0 Å². The van der Waals surface area contributed by atoms with Crippen molar-refractivity contribution in [3.63, 3.8) is 0 Å². The van der Waals surface area contributed by atoms with Crippen LogP contribution in [0, 0.1) is 0 Å². The van der Waals surface area contributed by atoms with Crippen LogP contribution in [-0.4, -0.2) is 10.2 Å². The lowest BCUT2D eigenvalue weighted by Gasteiger charge is -2.10. The Morgan fingerprint density at radius 3 is 2.57 bits per heavy atom. The number of aromatic nitrogens is 2. The number of hydrogen-bond acceptors (Lipinski definition) is 5. The standard InChI is InChI=1S/C18H18N2OS2/c1-3-7-14-11(5-1)9-16(23-14)18-20-19-17(21-18)13-10-22-15-8-4-2-6-12(13)15/h9-10H,1-8H2. The Morgan fingerprint density at radius 1 is 0.870 bits per heavy atom. The second kappa shape index (κ2) is 5.56. The van der Waals surface area contributed by atoms with E-state index in [1.165, 1.54) is 71.4 Å². The molecule has 0 radical (unpaired) electrons. The molecular weight excluding hydrogens is 324 g/mol. The van der Waals surface area contributed by atoms with Crippen molar-refractivity contribution in [3.8, 4) is 22.2 Å². The minimum atomic E-state index is 0.690. The van der Waals surface area contributed by atoms with Crippen molar-refractivity contribution in [1.29, 1.82) is 0 Å². The average molecular weight is 342 g/mol. The predicted octanol–water partition coefficient (Wildman–Crippen LogP) is 5.28. The Kier molecular flexibility index (Phi) is 3.37. The molecule has 118 valence electrons. The molecule has 5 heteroatoms. The molecule has 0 aromatic carbocycles. The molecule has 0 aliphatic heterocycles. The maximum atomic E-state index is 6.05. The number of rotatable bonds is 2. The van der Waals surface area contributed by atoms with Gasteiger partial charge in [0.2, 0.25) is 5.89 Å². The van der Waals surface area contributed by atoms with Gasteiger partial charge < -0.3 is 4.42 Å². The van der Waals surface area contributed by atoms with Gasteiger partial charge in [0, 0.05) is 15.1 Å². The summed E-state index contributed by atoms with van der Waals surface area (Å²) in [5.41, 5.74) is 4.11. The molecule has 0 saturated heterocycles. The molecular formula is C18H18N2OS2. The van der Waals surface area contributed by atoms with Crippen molar-refractivity contribution < 1.29 is 4.42 Å². The third-order valence-electron chi connectivity index (χ3n) is 4.92. The van der Waals surface area contributed by atoms with Gasteiger partial charge in [0.05, 0.1) is 10.4 Å². The van der Waals surface area contributed by atoms with Crippen LogP contribution in [0.3, 0.4) is 0 Å². The lowest BCUT2D eigenvalue weighted by Crippen LogP contribution is -1.99. The third kappa shape index (κ3) is 2.37. The van der Waals surface area contributed by atoms with Gasteiger partial charge in [-0.1, -0.05) is 0 Å². The summed E-state index contributed by atoms with van der Waals surface area (Å²) in [4.78, 5) is 4.16. The Bertz CT molecular complexity index is 835. The van der Waals surface area contributed by atoms with E-state index in [0.29, 0.717) is 11.8 Å². The Balaban J connectivity index is 1.51. The maximum absolute atomic E-state index is 6.05. The summed E-state index contributed by atoms with van der Waals surface area (Å²) in [6.07, 6.45) is 9.96. The van der Waals surface area contributed by atoms with Crippen LogP contribution in [0.5, 0.6) is 0 Å². The van der Waals surface area contributed by atoms with Crippen molar-refractivity contribution in [2.24, 2.45) is 0 Å². The first-order valence-corrected chi connectivity index (χ1v) is 10.1. The average Bonchev–Trinajstić information content (AvgIpc) is 3.31. The fraction of sp³-hybridized carbons (Fsp3) is 0.444. The highest BCUT2D eigenvalue weighted by Crippen LogP contribution is 2.39. The molecule has 0 spiro atoms. The minimum Gasteiger partial charge on any atom is -0.415 e. The van der Waals surface area contributed by atoms with E-state index in [1.807, 2.05) is 22.7 Å². The van der Waals surface area contributed by atoms with Crippen molar-refractivity contribution >= 4 is 22.7 Å². The van der Waals surface area contributed by atoms with E-state index in [-0.39, 0.29) is 0 Å². The molecule has 0 saturated carbocycles. The van der Waals surface area contributed by atoms with Crippen LogP contribution >= 0.6 is 22.7 Å². The van der Waals surface area contributed by atoms with Gasteiger partial charge in [-0.15, -0.1) is 32.9 Å². The summed E-state index contributed by atoms with van der Waals surface area (Å²) in [6.45, 7) is 0. The zero-order valence-electron chi connectivity index (χ0n) is 12.9. The molecule has 0 amide bonds. The van der Waals surface area contributed by atoms with Crippen LogP contribution in [0.1, 0.15) is 46.6 Å². The Morgan fingerprint density at radius 2 is 1.65 bits per heavy atom. The van der Waals surface area contributed by atoms with Crippen LogP contribution in [0.25, 0.3) is 22.2 Å². The first kappa shape index (κ1) is 13.9.